The van der Waals surface area contributed by atoms with Gasteiger partial charge in [-0.1, -0.05) is 12.8 Å². The van der Waals surface area contributed by atoms with E-state index in [9.17, 15) is 4.79 Å². The van der Waals surface area contributed by atoms with Gasteiger partial charge in [0, 0.05) is 30.9 Å². The van der Waals surface area contributed by atoms with E-state index in [-0.39, 0.29) is 11.6 Å². The minimum atomic E-state index is -0.0239. The van der Waals surface area contributed by atoms with Crippen LogP contribution in [0.25, 0.3) is 0 Å². The van der Waals surface area contributed by atoms with Crippen molar-refractivity contribution in [2.75, 3.05) is 20.1 Å². The van der Waals surface area contributed by atoms with E-state index < -0.39 is 0 Å². The quantitative estimate of drug-likeness (QED) is 0.841. The van der Waals surface area contributed by atoms with Crippen LogP contribution in [0.3, 0.4) is 0 Å². The molecule has 1 aromatic rings. The highest BCUT2D eigenvalue weighted by Crippen LogP contribution is 2.21. The number of hydrogen-bond acceptors (Lipinski definition) is 4. The number of nitrogens with one attached hydrogen (secondary N) is 2. The lowest BCUT2D eigenvalue weighted by molar-refractivity contribution is 0.243. The fourth-order valence-electron chi connectivity index (χ4n) is 3.33. The second kappa shape index (κ2) is 7.18. The molecular weight excluding hydrogens is 264 g/mol. The topological polar surface area (TPSA) is 61.0 Å². The fraction of sp³-hybridized carbons (Fsp3) is 0.750. The highest BCUT2D eigenvalue weighted by Gasteiger charge is 2.19. The van der Waals surface area contributed by atoms with Crippen molar-refractivity contribution in [2.45, 2.75) is 58.5 Å². The van der Waals surface area contributed by atoms with Crippen molar-refractivity contribution in [3.63, 3.8) is 0 Å². The maximum Gasteiger partial charge on any atom is 0.255 e. The molecule has 1 aromatic heterocycles. The third-order valence-corrected chi connectivity index (χ3v) is 4.56. The van der Waals surface area contributed by atoms with E-state index in [0.717, 1.165) is 30.4 Å². The Hall–Kier alpha value is -1.20. The smallest absolute Gasteiger partial charge is 0.255 e. The summed E-state index contributed by atoms with van der Waals surface area (Å²) >= 11 is 0. The molecule has 0 radical (unpaired) electrons. The van der Waals surface area contributed by atoms with Gasteiger partial charge in [-0.2, -0.15) is 0 Å². The number of nitrogens with zero attached hydrogens (tertiary/aromatic N) is 2. The molecular formula is C16H28N4O. The third-order valence-electron chi connectivity index (χ3n) is 4.56. The molecule has 0 aromatic carbocycles. The zero-order valence-corrected chi connectivity index (χ0v) is 13.7. The zero-order chi connectivity index (χ0) is 15.4. The Balaban J connectivity index is 1.87. The van der Waals surface area contributed by atoms with Gasteiger partial charge in [0.2, 0.25) is 0 Å². The SMILES string of the molecule is Cc1nc(C)c(C(C)NCCN(C)C2CCCC2)c(=O)[nH]1. The molecule has 1 saturated carbocycles. The molecule has 1 unspecified atom stereocenters. The molecule has 1 heterocycles. The summed E-state index contributed by atoms with van der Waals surface area (Å²) in [5.41, 5.74) is 1.55. The van der Waals surface area contributed by atoms with E-state index in [1.807, 2.05) is 20.8 Å². The molecule has 1 atom stereocenters. The van der Waals surface area contributed by atoms with Crippen LogP contribution in [0.1, 0.15) is 55.7 Å². The second-order valence-corrected chi connectivity index (χ2v) is 6.25. The van der Waals surface area contributed by atoms with E-state index in [1.165, 1.54) is 25.7 Å². The van der Waals surface area contributed by atoms with Crippen LogP contribution in [0, 0.1) is 13.8 Å². The lowest BCUT2D eigenvalue weighted by Gasteiger charge is -2.25. The van der Waals surface area contributed by atoms with Crippen LogP contribution in [-0.2, 0) is 0 Å². The molecule has 0 aliphatic heterocycles. The monoisotopic (exact) mass is 292 g/mol. The number of aromatic amines is 1. The van der Waals surface area contributed by atoms with Crippen molar-refractivity contribution in [3.05, 3.63) is 27.4 Å². The third kappa shape index (κ3) is 4.14. The normalized spacial score (nSPS) is 17.6. The van der Waals surface area contributed by atoms with Gasteiger partial charge < -0.3 is 15.2 Å². The van der Waals surface area contributed by atoms with Crippen molar-refractivity contribution in [3.8, 4) is 0 Å². The van der Waals surface area contributed by atoms with Crippen LogP contribution in [0.5, 0.6) is 0 Å². The molecule has 2 N–H and O–H groups in total. The van der Waals surface area contributed by atoms with Crippen LogP contribution in [0.4, 0.5) is 0 Å². The highest BCUT2D eigenvalue weighted by molar-refractivity contribution is 5.19. The van der Waals surface area contributed by atoms with Gasteiger partial charge in [0.15, 0.2) is 0 Å². The van der Waals surface area contributed by atoms with Gasteiger partial charge >= 0.3 is 0 Å². The summed E-state index contributed by atoms with van der Waals surface area (Å²) in [6.07, 6.45) is 5.38. The first-order valence-electron chi connectivity index (χ1n) is 8.00. The lowest BCUT2D eigenvalue weighted by atomic mass is 10.1. The molecule has 1 aliphatic carbocycles. The summed E-state index contributed by atoms with van der Waals surface area (Å²) < 4.78 is 0. The molecule has 1 aliphatic rings. The summed E-state index contributed by atoms with van der Waals surface area (Å²) in [5, 5.41) is 3.45. The van der Waals surface area contributed by atoms with Crippen LogP contribution in [0.2, 0.25) is 0 Å². The van der Waals surface area contributed by atoms with E-state index in [4.69, 9.17) is 0 Å². The van der Waals surface area contributed by atoms with Crippen molar-refractivity contribution in [1.29, 1.82) is 0 Å². The Morgan fingerprint density at radius 3 is 2.67 bits per heavy atom. The Labute approximate surface area is 127 Å². The number of aromatic nitrogens is 2. The predicted molar refractivity (Wildman–Crippen MR) is 85.6 cm³/mol. The molecule has 0 saturated heterocycles. The maximum atomic E-state index is 12.1. The van der Waals surface area contributed by atoms with Gasteiger partial charge in [-0.3, -0.25) is 4.79 Å². The first kappa shape index (κ1) is 16.2. The van der Waals surface area contributed by atoms with Crippen LogP contribution in [0.15, 0.2) is 4.79 Å². The second-order valence-electron chi connectivity index (χ2n) is 6.25. The molecule has 5 nitrogen and oxygen atoms in total. The van der Waals surface area contributed by atoms with Crippen molar-refractivity contribution >= 4 is 0 Å². The van der Waals surface area contributed by atoms with Crippen molar-refractivity contribution in [1.82, 2.24) is 20.2 Å². The minimum absolute atomic E-state index is 0.0239. The number of aryl methyl sites for hydroxylation is 2. The van der Waals surface area contributed by atoms with Gasteiger partial charge in [-0.25, -0.2) is 4.98 Å². The first-order chi connectivity index (χ1) is 9.99. The van der Waals surface area contributed by atoms with Gasteiger partial charge in [-0.15, -0.1) is 0 Å². The van der Waals surface area contributed by atoms with E-state index in [0.29, 0.717) is 5.82 Å². The largest absolute Gasteiger partial charge is 0.310 e. The first-order valence-corrected chi connectivity index (χ1v) is 8.00. The minimum Gasteiger partial charge on any atom is -0.310 e. The lowest BCUT2D eigenvalue weighted by Crippen LogP contribution is -2.37. The number of likely N-dealkylation sites (N-methyl/N-ethyl adjacent to an activating group) is 1. The van der Waals surface area contributed by atoms with Crippen LogP contribution < -0.4 is 10.9 Å². The molecule has 2 rings (SSSR count). The molecule has 0 amide bonds. The highest BCUT2D eigenvalue weighted by atomic mass is 16.1. The average molecular weight is 292 g/mol. The van der Waals surface area contributed by atoms with E-state index >= 15 is 0 Å². The predicted octanol–water partition coefficient (Wildman–Crippen LogP) is 1.91. The molecule has 21 heavy (non-hydrogen) atoms. The molecule has 1 fully saturated rings. The van der Waals surface area contributed by atoms with E-state index in [1.54, 1.807) is 0 Å². The number of H-pyrrole nitrogens is 1. The number of rotatable bonds is 6. The van der Waals surface area contributed by atoms with Crippen molar-refractivity contribution < 1.29 is 0 Å². The van der Waals surface area contributed by atoms with Gasteiger partial charge in [0.1, 0.15) is 5.82 Å². The van der Waals surface area contributed by atoms with Gasteiger partial charge in [-0.05, 0) is 40.7 Å². The van der Waals surface area contributed by atoms with Crippen molar-refractivity contribution in [2.24, 2.45) is 0 Å². The molecule has 118 valence electrons. The van der Waals surface area contributed by atoms with Gasteiger partial charge in [0.05, 0.1) is 5.56 Å². The Kier molecular flexibility index (Phi) is 5.53. The van der Waals surface area contributed by atoms with Crippen LogP contribution >= 0.6 is 0 Å². The Bertz CT molecular complexity index is 519. The Morgan fingerprint density at radius 1 is 1.38 bits per heavy atom. The summed E-state index contributed by atoms with van der Waals surface area (Å²) in [7, 11) is 2.20. The number of hydrogen-bond donors (Lipinski definition) is 2. The van der Waals surface area contributed by atoms with E-state index in [2.05, 4.69) is 27.2 Å². The van der Waals surface area contributed by atoms with Crippen LogP contribution in [-0.4, -0.2) is 41.0 Å². The summed E-state index contributed by atoms with van der Waals surface area (Å²) in [4.78, 5) is 21.6. The molecule has 0 bridgehead atoms. The zero-order valence-electron chi connectivity index (χ0n) is 13.7. The standard InChI is InChI=1S/C16H28N4O/c1-11(15-12(2)18-13(3)19-16(15)21)17-9-10-20(4)14-7-5-6-8-14/h11,14,17H,5-10H2,1-4H3,(H,18,19,21). The molecule has 0 spiro atoms. The average Bonchev–Trinajstić information content (AvgIpc) is 2.91. The summed E-state index contributed by atoms with van der Waals surface area (Å²) in [6.45, 7) is 7.66. The Morgan fingerprint density at radius 2 is 2.05 bits per heavy atom. The fourth-order valence-corrected chi connectivity index (χ4v) is 3.33. The van der Waals surface area contributed by atoms with Gasteiger partial charge in [0.25, 0.3) is 5.56 Å². The summed E-state index contributed by atoms with van der Waals surface area (Å²) in [6, 6.07) is 0.770. The maximum absolute atomic E-state index is 12.1. The summed E-state index contributed by atoms with van der Waals surface area (Å²) in [5.74, 6) is 0.675. The molecule has 5 heteroatoms.